The number of hydrogen-bond acceptors (Lipinski definition) is 4. The number of ether oxygens (including phenoxy) is 1. The van der Waals surface area contributed by atoms with Crippen LogP contribution < -0.4 is 10.1 Å². The summed E-state index contributed by atoms with van der Waals surface area (Å²) in [6.45, 7) is 5.93. The van der Waals surface area contributed by atoms with Crippen LogP contribution in [0.2, 0.25) is 0 Å². The molecule has 4 heteroatoms. The molecule has 0 atom stereocenters. The molecule has 4 nitrogen and oxygen atoms in total. The van der Waals surface area contributed by atoms with Crippen LogP contribution in [0.1, 0.15) is 24.5 Å². The fourth-order valence-electron chi connectivity index (χ4n) is 1.67. The van der Waals surface area contributed by atoms with E-state index in [0.29, 0.717) is 6.01 Å². The van der Waals surface area contributed by atoms with Crippen molar-refractivity contribution in [3.63, 3.8) is 0 Å². The molecular formula is C15H19N3O. The number of nitrogens with zero attached hydrogens (tertiary/aromatic N) is 2. The van der Waals surface area contributed by atoms with Crippen LogP contribution in [0.4, 0.5) is 0 Å². The van der Waals surface area contributed by atoms with E-state index >= 15 is 0 Å². The van der Waals surface area contributed by atoms with Gasteiger partial charge >= 0.3 is 6.01 Å². The van der Waals surface area contributed by atoms with Crippen LogP contribution in [0, 0.1) is 6.92 Å². The first-order chi connectivity index (χ1) is 9.29. The highest BCUT2D eigenvalue weighted by atomic mass is 16.5. The summed E-state index contributed by atoms with van der Waals surface area (Å²) in [4.78, 5) is 8.44. The molecule has 0 fully saturated rings. The first-order valence-electron chi connectivity index (χ1n) is 6.54. The monoisotopic (exact) mass is 257 g/mol. The molecule has 0 aliphatic rings. The minimum Gasteiger partial charge on any atom is -0.424 e. The van der Waals surface area contributed by atoms with Crippen LogP contribution in [0.15, 0.2) is 36.7 Å². The third-order valence-electron chi connectivity index (χ3n) is 2.73. The molecule has 0 aliphatic heterocycles. The SMILES string of the molecule is CCCNCc1cnc(Oc2ccccc2C)nc1. The molecule has 0 amide bonds. The quantitative estimate of drug-likeness (QED) is 0.808. The van der Waals surface area contributed by atoms with Crippen LogP contribution in [0.5, 0.6) is 11.8 Å². The normalized spacial score (nSPS) is 10.4. The molecule has 0 bridgehead atoms. The first-order valence-corrected chi connectivity index (χ1v) is 6.54. The van der Waals surface area contributed by atoms with Crippen molar-refractivity contribution in [1.29, 1.82) is 0 Å². The van der Waals surface area contributed by atoms with Gasteiger partial charge in [-0.15, -0.1) is 0 Å². The highest BCUT2D eigenvalue weighted by Gasteiger charge is 2.03. The Morgan fingerprint density at radius 1 is 1.16 bits per heavy atom. The van der Waals surface area contributed by atoms with Gasteiger partial charge in [0.15, 0.2) is 0 Å². The molecule has 0 saturated heterocycles. The van der Waals surface area contributed by atoms with Crippen LogP contribution in [0.25, 0.3) is 0 Å². The third-order valence-corrected chi connectivity index (χ3v) is 2.73. The fourth-order valence-corrected chi connectivity index (χ4v) is 1.67. The summed E-state index contributed by atoms with van der Waals surface area (Å²) in [6.07, 6.45) is 4.71. The number of benzene rings is 1. The van der Waals surface area contributed by atoms with Crippen molar-refractivity contribution < 1.29 is 4.74 Å². The number of nitrogens with one attached hydrogen (secondary N) is 1. The van der Waals surface area contributed by atoms with Gasteiger partial charge in [-0.2, -0.15) is 0 Å². The van der Waals surface area contributed by atoms with Gasteiger partial charge in [0, 0.05) is 24.5 Å². The van der Waals surface area contributed by atoms with E-state index in [-0.39, 0.29) is 0 Å². The second-order valence-corrected chi connectivity index (χ2v) is 4.42. The summed E-state index contributed by atoms with van der Waals surface area (Å²) < 4.78 is 5.65. The molecule has 19 heavy (non-hydrogen) atoms. The second-order valence-electron chi connectivity index (χ2n) is 4.42. The van der Waals surface area contributed by atoms with E-state index in [2.05, 4.69) is 22.2 Å². The van der Waals surface area contributed by atoms with Crippen molar-refractivity contribution in [2.75, 3.05) is 6.54 Å². The molecule has 2 aromatic rings. The van der Waals surface area contributed by atoms with E-state index < -0.39 is 0 Å². The zero-order valence-corrected chi connectivity index (χ0v) is 11.4. The summed E-state index contributed by atoms with van der Waals surface area (Å²) in [5.41, 5.74) is 2.13. The lowest BCUT2D eigenvalue weighted by molar-refractivity contribution is 0.437. The summed E-state index contributed by atoms with van der Waals surface area (Å²) in [6, 6.07) is 8.21. The number of aromatic nitrogens is 2. The largest absolute Gasteiger partial charge is 0.424 e. The van der Waals surface area contributed by atoms with Crippen LogP contribution in [0.3, 0.4) is 0 Å². The molecular weight excluding hydrogens is 238 g/mol. The fraction of sp³-hybridized carbons (Fsp3) is 0.333. The zero-order valence-electron chi connectivity index (χ0n) is 11.4. The Hall–Kier alpha value is -1.94. The second kappa shape index (κ2) is 6.85. The molecule has 0 aliphatic carbocycles. The minimum absolute atomic E-state index is 0.383. The maximum absolute atomic E-state index is 5.65. The van der Waals surface area contributed by atoms with Gasteiger partial charge in [-0.1, -0.05) is 25.1 Å². The summed E-state index contributed by atoms with van der Waals surface area (Å²) >= 11 is 0. The molecule has 0 unspecified atom stereocenters. The molecule has 0 spiro atoms. The van der Waals surface area contributed by atoms with Crippen molar-refractivity contribution in [3.05, 3.63) is 47.8 Å². The lowest BCUT2D eigenvalue weighted by Crippen LogP contribution is -2.14. The molecule has 2 rings (SSSR count). The summed E-state index contributed by atoms with van der Waals surface area (Å²) in [5.74, 6) is 0.791. The lowest BCUT2D eigenvalue weighted by Gasteiger charge is -2.07. The van der Waals surface area contributed by atoms with Crippen molar-refractivity contribution in [2.45, 2.75) is 26.8 Å². The standard InChI is InChI=1S/C15H19N3O/c1-3-8-16-9-13-10-17-15(18-11-13)19-14-7-5-4-6-12(14)2/h4-7,10-11,16H,3,8-9H2,1-2H3. The lowest BCUT2D eigenvalue weighted by atomic mass is 10.2. The average molecular weight is 257 g/mol. The minimum atomic E-state index is 0.383. The van der Waals surface area contributed by atoms with Gasteiger partial charge in [-0.25, -0.2) is 9.97 Å². The van der Waals surface area contributed by atoms with Crippen molar-refractivity contribution in [2.24, 2.45) is 0 Å². The van der Waals surface area contributed by atoms with Gasteiger partial charge < -0.3 is 10.1 Å². The molecule has 0 radical (unpaired) electrons. The molecule has 1 heterocycles. The van der Waals surface area contributed by atoms with Gasteiger partial charge in [0.05, 0.1) is 0 Å². The predicted molar refractivity (Wildman–Crippen MR) is 75.3 cm³/mol. The van der Waals surface area contributed by atoms with Gasteiger partial charge in [-0.3, -0.25) is 0 Å². The van der Waals surface area contributed by atoms with Crippen molar-refractivity contribution in [3.8, 4) is 11.8 Å². The summed E-state index contributed by atoms with van der Waals surface area (Å²) in [5, 5.41) is 3.31. The third kappa shape index (κ3) is 4.03. The van der Waals surface area contributed by atoms with E-state index in [4.69, 9.17) is 4.74 Å². The van der Waals surface area contributed by atoms with Crippen molar-refractivity contribution in [1.82, 2.24) is 15.3 Å². The number of hydrogen-bond donors (Lipinski definition) is 1. The maximum Gasteiger partial charge on any atom is 0.321 e. The Labute approximate surface area is 113 Å². The Kier molecular flexibility index (Phi) is 4.86. The van der Waals surface area contributed by atoms with E-state index in [1.54, 1.807) is 12.4 Å². The predicted octanol–water partition coefficient (Wildman–Crippen LogP) is 3.08. The Morgan fingerprint density at radius 3 is 2.58 bits per heavy atom. The van der Waals surface area contributed by atoms with Gasteiger partial charge in [0.1, 0.15) is 5.75 Å². The highest BCUT2D eigenvalue weighted by molar-refractivity contribution is 5.33. The maximum atomic E-state index is 5.65. The van der Waals surface area contributed by atoms with Crippen LogP contribution in [-0.4, -0.2) is 16.5 Å². The smallest absolute Gasteiger partial charge is 0.321 e. The number of aryl methyl sites for hydroxylation is 1. The van der Waals surface area contributed by atoms with Crippen LogP contribution in [-0.2, 0) is 6.54 Å². The van der Waals surface area contributed by atoms with E-state index in [1.807, 2.05) is 31.2 Å². The van der Waals surface area contributed by atoms with Crippen molar-refractivity contribution >= 4 is 0 Å². The molecule has 100 valence electrons. The van der Waals surface area contributed by atoms with Gasteiger partial charge in [0.25, 0.3) is 0 Å². The van der Waals surface area contributed by atoms with E-state index in [0.717, 1.165) is 36.4 Å². The molecule has 0 saturated carbocycles. The number of rotatable bonds is 6. The molecule has 1 aromatic heterocycles. The summed E-state index contributed by atoms with van der Waals surface area (Å²) in [7, 11) is 0. The number of para-hydroxylation sites is 1. The topological polar surface area (TPSA) is 47.0 Å². The highest BCUT2D eigenvalue weighted by Crippen LogP contribution is 2.21. The average Bonchev–Trinajstić information content (AvgIpc) is 2.44. The molecule has 1 N–H and O–H groups in total. The van der Waals surface area contributed by atoms with E-state index in [9.17, 15) is 0 Å². The Balaban J connectivity index is 1.97. The Morgan fingerprint density at radius 2 is 1.89 bits per heavy atom. The first kappa shape index (κ1) is 13.5. The Bertz CT molecular complexity index is 511. The van der Waals surface area contributed by atoms with Gasteiger partial charge in [-0.05, 0) is 31.5 Å². The van der Waals surface area contributed by atoms with Crippen LogP contribution >= 0.6 is 0 Å². The zero-order chi connectivity index (χ0) is 13.5. The molecule has 1 aromatic carbocycles. The van der Waals surface area contributed by atoms with E-state index in [1.165, 1.54) is 0 Å². The van der Waals surface area contributed by atoms with Gasteiger partial charge in [0.2, 0.25) is 0 Å².